The number of hydrogen-bond acceptors (Lipinski definition) is 6. The first-order valence-corrected chi connectivity index (χ1v) is 15.8. The van der Waals surface area contributed by atoms with E-state index < -0.39 is 15.3 Å². The van der Waals surface area contributed by atoms with E-state index in [-0.39, 0.29) is 10.8 Å². The maximum Gasteiger partial charge on any atom is 0.261 e. The number of aryl methyl sites for hydroxylation is 2. The fourth-order valence-corrected chi connectivity index (χ4v) is 6.73. The molecule has 2 N–H and O–H groups in total. The summed E-state index contributed by atoms with van der Waals surface area (Å²) < 4.78 is 28.1. The molecule has 0 fully saturated rings. The van der Waals surface area contributed by atoms with Gasteiger partial charge in [-0.25, -0.2) is 13.4 Å². The normalized spacial score (nSPS) is 12.1. The van der Waals surface area contributed by atoms with Crippen LogP contribution in [0.25, 0.3) is 11.3 Å². The van der Waals surface area contributed by atoms with E-state index in [1.165, 1.54) is 28.7 Å². The van der Waals surface area contributed by atoms with Gasteiger partial charge < -0.3 is 5.32 Å². The summed E-state index contributed by atoms with van der Waals surface area (Å²) in [5.41, 5.74) is 5.26. The van der Waals surface area contributed by atoms with Gasteiger partial charge in [0.05, 0.1) is 10.6 Å². The topological polar surface area (TPSA) is 88.2 Å². The Morgan fingerprint density at radius 1 is 0.825 bits per heavy atom. The van der Waals surface area contributed by atoms with E-state index in [0.717, 1.165) is 27.3 Å². The van der Waals surface area contributed by atoms with E-state index >= 15 is 0 Å². The molecule has 5 rings (SSSR count). The highest BCUT2D eigenvalue weighted by Gasteiger charge is 2.23. The van der Waals surface area contributed by atoms with Gasteiger partial charge in [-0.2, -0.15) is 0 Å². The van der Waals surface area contributed by atoms with Crippen LogP contribution in [0.1, 0.15) is 21.9 Å². The molecule has 9 heteroatoms. The molecule has 1 heterocycles. The van der Waals surface area contributed by atoms with E-state index in [0.29, 0.717) is 10.8 Å². The number of thioether (sulfide) groups is 1. The molecule has 6 nitrogen and oxygen atoms in total. The Morgan fingerprint density at radius 2 is 1.45 bits per heavy atom. The summed E-state index contributed by atoms with van der Waals surface area (Å²) in [7, 11) is -3.70. The van der Waals surface area contributed by atoms with Gasteiger partial charge in [-0.1, -0.05) is 77.9 Å². The number of benzene rings is 4. The molecule has 0 aliphatic rings. The van der Waals surface area contributed by atoms with Crippen LogP contribution in [0.2, 0.25) is 0 Å². The van der Waals surface area contributed by atoms with Crippen molar-refractivity contribution in [2.75, 3.05) is 10.0 Å². The first kappa shape index (κ1) is 27.6. The molecule has 0 aliphatic carbocycles. The molecular formula is C31H27N3O3S3. The molecule has 0 aliphatic heterocycles. The van der Waals surface area contributed by atoms with Crippen molar-refractivity contribution in [3.05, 3.63) is 125 Å². The summed E-state index contributed by atoms with van der Waals surface area (Å²) in [6.45, 7) is 3.94. The summed E-state index contributed by atoms with van der Waals surface area (Å²) in [4.78, 5) is 19.1. The number of amides is 1. The Labute approximate surface area is 242 Å². The lowest BCUT2D eigenvalue weighted by Gasteiger charge is -2.16. The van der Waals surface area contributed by atoms with Gasteiger partial charge in [0.15, 0.2) is 5.13 Å². The van der Waals surface area contributed by atoms with Gasteiger partial charge in [0.2, 0.25) is 5.91 Å². The Balaban J connectivity index is 1.31. The molecule has 0 saturated carbocycles. The number of carbonyl (C=O) groups excluding carboxylic acids is 1. The number of rotatable bonds is 9. The number of anilines is 2. The SMILES string of the molecule is Cc1ccc(-c2csc(NC(=O)C(Sc3ccc(NS(=O)(=O)c4ccc(C)cc4)cc3)c3ccccc3)n2)cc1. The molecule has 0 saturated heterocycles. The van der Waals surface area contributed by atoms with Crippen molar-refractivity contribution in [2.24, 2.45) is 0 Å². The van der Waals surface area contributed by atoms with Crippen molar-refractivity contribution in [3.8, 4) is 11.3 Å². The average Bonchev–Trinajstić information content (AvgIpc) is 3.42. The fraction of sp³-hybridized carbons (Fsp3) is 0.0968. The number of carbonyl (C=O) groups is 1. The highest BCUT2D eigenvalue weighted by molar-refractivity contribution is 8.00. The standard InChI is InChI=1S/C31H27N3O3S3/c1-21-8-12-23(13-9-21)28-20-38-31(32-28)33-30(35)29(24-6-4-3-5-7-24)39-26-16-14-25(15-17-26)34-40(36,37)27-18-10-22(2)11-19-27/h3-20,29,34H,1-2H3,(H,32,33,35). The van der Waals surface area contributed by atoms with Crippen molar-refractivity contribution < 1.29 is 13.2 Å². The van der Waals surface area contributed by atoms with Crippen LogP contribution in [0.4, 0.5) is 10.8 Å². The summed E-state index contributed by atoms with van der Waals surface area (Å²) in [5.74, 6) is -0.190. The maximum atomic E-state index is 13.5. The minimum atomic E-state index is -3.70. The lowest BCUT2D eigenvalue weighted by Crippen LogP contribution is -2.19. The van der Waals surface area contributed by atoms with E-state index in [1.807, 2.05) is 73.8 Å². The molecule has 0 radical (unpaired) electrons. The lowest BCUT2D eigenvalue weighted by molar-refractivity contribution is -0.115. The Kier molecular flexibility index (Phi) is 8.35. The molecule has 1 aromatic heterocycles. The van der Waals surface area contributed by atoms with Gasteiger partial charge >= 0.3 is 0 Å². The summed E-state index contributed by atoms with van der Waals surface area (Å²) in [5, 5.41) is 4.91. The van der Waals surface area contributed by atoms with Crippen LogP contribution < -0.4 is 10.0 Å². The fourth-order valence-electron chi connectivity index (χ4n) is 3.93. The molecule has 0 bridgehead atoms. The average molecular weight is 586 g/mol. The minimum absolute atomic E-state index is 0.190. The first-order valence-electron chi connectivity index (χ1n) is 12.5. The summed E-state index contributed by atoms with van der Waals surface area (Å²) >= 11 is 2.77. The van der Waals surface area contributed by atoms with Crippen LogP contribution in [-0.4, -0.2) is 19.3 Å². The quantitative estimate of drug-likeness (QED) is 0.173. The molecule has 1 amide bonds. The second-order valence-corrected chi connectivity index (χ2v) is 13.0. The molecule has 4 aromatic carbocycles. The highest BCUT2D eigenvalue weighted by Crippen LogP contribution is 2.37. The van der Waals surface area contributed by atoms with Crippen molar-refractivity contribution in [1.29, 1.82) is 0 Å². The number of aromatic nitrogens is 1. The maximum absolute atomic E-state index is 13.5. The molecule has 1 unspecified atom stereocenters. The Bertz CT molecular complexity index is 1700. The number of nitrogens with zero attached hydrogens (tertiary/aromatic N) is 1. The molecule has 202 valence electrons. The number of hydrogen-bond donors (Lipinski definition) is 2. The van der Waals surface area contributed by atoms with Crippen LogP contribution in [-0.2, 0) is 14.8 Å². The van der Waals surface area contributed by atoms with Gasteiger partial charge in [-0.15, -0.1) is 23.1 Å². The minimum Gasteiger partial charge on any atom is -0.301 e. The summed E-state index contributed by atoms with van der Waals surface area (Å²) in [6.07, 6.45) is 0. The van der Waals surface area contributed by atoms with Crippen molar-refractivity contribution >= 4 is 49.8 Å². The number of thiazole rings is 1. The third-order valence-electron chi connectivity index (χ3n) is 6.11. The predicted molar refractivity (Wildman–Crippen MR) is 164 cm³/mol. The Morgan fingerprint density at radius 3 is 2.10 bits per heavy atom. The van der Waals surface area contributed by atoms with E-state index in [2.05, 4.69) is 15.0 Å². The molecular weight excluding hydrogens is 559 g/mol. The first-order chi connectivity index (χ1) is 19.3. The lowest BCUT2D eigenvalue weighted by atomic mass is 10.1. The zero-order chi connectivity index (χ0) is 28.1. The zero-order valence-electron chi connectivity index (χ0n) is 21.9. The van der Waals surface area contributed by atoms with Gasteiger partial charge in [0.25, 0.3) is 10.0 Å². The van der Waals surface area contributed by atoms with Crippen molar-refractivity contribution in [1.82, 2.24) is 4.98 Å². The van der Waals surface area contributed by atoms with Crippen LogP contribution in [0.15, 0.2) is 118 Å². The monoisotopic (exact) mass is 585 g/mol. The van der Waals surface area contributed by atoms with Crippen molar-refractivity contribution in [3.63, 3.8) is 0 Å². The smallest absolute Gasteiger partial charge is 0.261 e. The van der Waals surface area contributed by atoms with E-state index in [9.17, 15) is 13.2 Å². The van der Waals surface area contributed by atoms with Crippen LogP contribution in [0.3, 0.4) is 0 Å². The Hall–Kier alpha value is -3.92. The van der Waals surface area contributed by atoms with Gasteiger partial charge in [-0.05, 0) is 55.8 Å². The zero-order valence-corrected chi connectivity index (χ0v) is 24.3. The molecule has 40 heavy (non-hydrogen) atoms. The van der Waals surface area contributed by atoms with Crippen LogP contribution in [0, 0.1) is 13.8 Å². The largest absolute Gasteiger partial charge is 0.301 e. The van der Waals surface area contributed by atoms with Gasteiger partial charge in [0, 0.05) is 21.5 Å². The number of nitrogens with one attached hydrogen (secondary N) is 2. The van der Waals surface area contributed by atoms with E-state index in [4.69, 9.17) is 0 Å². The predicted octanol–water partition coefficient (Wildman–Crippen LogP) is 7.70. The van der Waals surface area contributed by atoms with E-state index in [1.54, 1.807) is 48.5 Å². The van der Waals surface area contributed by atoms with Gasteiger partial charge in [0.1, 0.15) is 5.25 Å². The van der Waals surface area contributed by atoms with Gasteiger partial charge in [-0.3, -0.25) is 9.52 Å². The number of sulfonamides is 1. The molecule has 5 aromatic rings. The second kappa shape index (κ2) is 12.1. The third kappa shape index (κ3) is 6.80. The van der Waals surface area contributed by atoms with Crippen LogP contribution >= 0.6 is 23.1 Å². The molecule has 1 atom stereocenters. The molecule has 0 spiro atoms. The van der Waals surface area contributed by atoms with Crippen molar-refractivity contribution in [2.45, 2.75) is 28.9 Å². The highest BCUT2D eigenvalue weighted by atomic mass is 32.2. The third-order valence-corrected chi connectivity index (χ3v) is 9.54. The second-order valence-electron chi connectivity index (χ2n) is 9.24. The van der Waals surface area contributed by atoms with Crippen LogP contribution in [0.5, 0.6) is 0 Å². The summed E-state index contributed by atoms with van der Waals surface area (Å²) in [6, 6.07) is 31.3.